The maximum atomic E-state index is 11.0. The van der Waals surface area contributed by atoms with Crippen LogP contribution in [0.15, 0.2) is 30.5 Å². The first-order chi connectivity index (χ1) is 9.82. The van der Waals surface area contributed by atoms with Gasteiger partial charge in [0.1, 0.15) is 6.10 Å². The number of halogens is 2. The molecular weight excluding hydrogens is 366 g/mol. The van der Waals surface area contributed by atoms with E-state index in [-0.39, 0.29) is 5.56 Å². The van der Waals surface area contributed by atoms with E-state index in [9.17, 15) is 20.4 Å². The lowest BCUT2D eigenvalue weighted by Crippen LogP contribution is -2.55. The molecule has 1 aliphatic heterocycles. The van der Waals surface area contributed by atoms with Crippen molar-refractivity contribution in [3.05, 3.63) is 36.0 Å². The van der Waals surface area contributed by atoms with Gasteiger partial charge >= 0.3 is 0 Å². The molecule has 114 valence electrons. The molecule has 6 nitrogen and oxygen atoms in total. The van der Waals surface area contributed by atoms with Crippen LogP contribution in [0.3, 0.4) is 0 Å². The van der Waals surface area contributed by atoms with Crippen molar-refractivity contribution in [1.29, 1.82) is 0 Å². The Morgan fingerprint density at radius 3 is 2.67 bits per heavy atom. The SMILES string of the molecule is OC(Br)[C@@]1(Cl)O[C@H](O)[C@@H](O)[C@@]1(O)c1c[nH]c2ccccc12. The van der Waals surface area contributed by atoms with Crippen LogP contribution in [0, 0.1) is 0 Å². The lowest BCUT2D eigenvalue weighted by atomic mass is 9.84. The van der Waals surface area contributed by atoms with Gasteiger partial charge in [-0.25, -0.2) is 0 Å². The highest BCUT2D eigenvalue weighted by Crippen LogP contribution is 2.53. The molecule has 5 atom stereocenters. The summed E-state index contributed by atoms with van der Waals surface area (Å²) < 4.78 is 5.02. The van der Waals surface area contributed by atoms with Crippen LogP contribution in [0.25, 0.3) is 10.9 Å². The molecule has 2 aromatic rings. The fraction of sp³-hybridized carbons (Fsp3) is 0.385. The second-order valence-corrected chi connectivity index (χ2v) is 6.38. The van der Waals surface area contributed by atoms with Crippen LogP contribution in [0.5, 0.6) is 0 Å². The van der Waals surface area contributed by atoms with Crippen molar-refractivity contribution < 1.29 is 25.2 Å². The van der Waals surface area contributed by atoms with Crippen LogP contribution in [0.2, 0.25) is 0 Å². The summed E-state index contributed by atoms with van der Waals surface area (Å²) in [6, 6.07) is 7.05. The summed E-state index contributed by atoms with van der Waals surface area (Å²) in [4.78, 5) is 2.94. The number of alkyl halides is 2. The molecule has 1 aromatic carbocycles. The predicted octanol–water partition coefficient (Wildman–Crippen LogP) is 0.713. The molecule has 3 rings (SSSR count). The number of ether oxygens (including phenoxy) is 1. The zero-order valence-corrected chi connectivity index (χ0v) is 12.9. The summed E-state index contributed by atoms with van der Waals surface area (Å²) in [6.45, 7) is 0. The zero-order chi connectivity index (χ0) is 15.4. The minimum absolute atomic E-state index is 0.218. The van der Waals surface area contributed by atoms with Crippen molar-refractivity contribution in [2.45, 2.75) is 28.1 Å². The topological polar surface area (TPSA) is 106 Å². The van der Waals surface area contributed by atoms with Crippen LogP contribution in [0.4, 0.5) is 0 Å². The Morgan fingerprint density at radius 2 is 2.00 bits per heavy atom. The Kier molecular flexibility index (Phi) is 3.57. The number of H-pyrrole nitrogens is 1. The summed E-state index contributed by atoms with van der Waals surface area (Å²) in [7, 11) is 0. The summed E-state index contributed by atoms with van der Waals surface area (Å²) in [5.41, 5.74) is -1.30. The van der Waals surface area contributed by atoms with Gasteiger partial charge in [-0.15, -0.1) is 0 Å². The van der Waals surface area contributed by atoms with E-state index >= 15 is 0 Å². The van der Waals surface area contributed by atoms with E-state index in [0.29, 0.717) is 10.9 Å². The van der Waals surface area contributed by atoms with E-state index in [1.807, 2.05) is 0 Å². The van der Waals surface area contributed by atoms with Crippen molar-refractivity contribution in [1.82, 2.24) is 4.98 Å². The fourth-order valence-electron chi connectivity index (χ4n) is 2.71. The molecule has 2 heterocycles. The second-order valence-electron chi connectivity index (χ2n) is 4.95. The van der Waals surface area contributed by atoms with Gasteiger partial charge in [0, 0.05) is 22.7 Å². The first kappa shape index (κ1) is 15.2. The Balaban J connectivity index is 2.26. The van der Waals surface area contributed by atoms with Gasteiger partial charge in [-0.05, 0) is 6.07 Å². The monoisotopic (exact) mass is 377 g/mol. The third-order valence-electron chi connectivity index (χ3n) is 3.82. The molecule has 1 aliphatic rings. The standard InChI is InChI=1S/C13H13BrClNO5/c14-11(19)13(15)12(20,9(17)10(18)21-13)7-5-16-8-4-2-1-3-6(7)8/h1-5,9-11,16-20H/t9-,10+,11?,12+,13-/m1/s1. The number of aromatic amines is 1. The number of nitrogens with one attached hydrogen (secondary N) is 1. The van der Waals surface area contributed by atoms with Crippen molar-refractivity contribution in [3.63, 3.8) is 0 Å². The van der Waals surface area contributed by atoms with E-state index < -0.39 is 28.1 Å². The predicted molar refractivity (Wildman–Crippen MR) is 78.8 cm³/mol. The summed E-state index contributed by atoms with van der Waals surface area (Å²) in [6.07, 6.45) is -2.02. The number of aromatic nitrogens is 1. The van der Waals surface area contributed by atoms with Crippen molar-refractivity contribution >= 4 is 38.4 Å². The number of fused-ring (bicyclic) bond motifs is 1. The van der Waals surface area contributed by atoms with Gasteiger partial charge in [-0.1, -0.05) is 45.7 Å². The van der Waals surface area contributed by atoms with Gasteiger partial charge in [0.2, 0.25) is 5.06 Å². The van der Waals surface area contributed by atoms with Crippen LogP contribution in [-0.2, 0) is 10.3 Å². The van der Waals surface area contributed by atoms with E-state index in [2.05, 4.69) is 20.9 Å². The summed E-state index contributed by atoms with van der Waals surface area (Å²) >= 11 is 9.04. The molecule has 1 aromatic heterocycles. The van der Waals surface area contributed by atoms with E-state index in [1.54, 1.807) is 24.3 Å². The average molecular weight is 379 g/mol. The zero-order valence-electron chi connectivity index (χ0n) is 10.6. The highest BCUT2D eigenvalue weighted by Gasteiger charge is 2.68. The molecule has 21 heavy (non-hydrogen) atoms. The molecule has 0 bridgehead atoms. The van der Waals surface area contributed by atoms with Gasteiger partial charge in [-0.2, -0.15) is 0 Å². The Hall–Kier alpha value is -0.670. The number of para-hydroxylation sites is 1. The number of rotatable bonds is 2. The molecule has 5 N–H and O–H groups in total. The third-order valence-corrected chi connectivity index (χ3v) is 5.31. The van der Waals surface area contributed by atoms with Crippen LogP contribution >= 0.6 is 27.5 Å². The maximum absolute atomic E-state index is 11.0. The molecule has 8 heteroatoms. The number of aliphatic hydroxyl groups is 4. The molecule has 1 unspecified atom stereocenters. The third kappa shape index (κ3) is 1.90. The molecule has 0 saturated carbocycles. The van der Waals surface area contributed by atoms with Crippen LogP contribution in [-0.4, -0.2) is 47.9 Å². The highest BCUT2D eigenvalue weighted by molar-refractivity contribution is 9.09. The van der Waals surface area contributed by atoms with Crippen molar-refractivity contribution in [3.8, 4) is 0 Å². The summed E-state index contributed by atoms with van der Waals surface area (Å²) in [5.74, 6) is 0. The van der Waals surface area contributed by atoms with E-state index in [1.165, 1.54) is 6.20 Å². The van der Waals surface area contributed by atoms with Crippen molar-refractivity contribution in [2.75, 3.05) is 0 Å². The number of benzene rings is 1. The largest absolute Gasteiger partial charge is 0.384 e. The second kappa shape index (κ2) is 4.92. The van der Waals surface area contributed by atoms with Crippen molar-refractivity contribution in [2.24, 2.45) is 0 Å². The molecule has 0 amide bonds. The number of aliphatic hydroxyl groups excluding tert-OH is 3. The molecule has 0 aliphatic carbocycles. The maximum Gasteiger partial charge on any atom is 0.215 e. The minimum Gasteiger partial charge on any atom is -0.384 e. The van der Waals surface area contributed by atoms with Gasteiger partial charge in [0.05, 0.1) is 0 Å². The molecule has 0 spiro atoms. The first-order valence-corrected chi connectivity index (χ1v) is 7.45. The molecule has 1 saturated heterocycles. The number of hydrogen-bond donors (Lipinski definition) is 5. The normalized spacial score (nSPS) is 38.0. The first-order valence-electron chi connectivity index (χ1n) is 6.16. The minimum atomic E-state index is -2.23. The quantitative estimate of drug-likeness (QED) is 0.495. The van der Waals surface area contributed by atoms with E-state index in [0.717, 1.165) is 0 Å². The van der Waals surface area contributed by atoms with Crippen LogP contribution < -0.4 is 0 Å². The van der Waals surface area contributed by atoms with Gasteiger partial charge in [0.15, 0.2) is 16.9 Å². The lowest BCUT2D eigenvalue weighted by Gasteiger charge is -2.37. The lowest BCUT2D eigenvalue weighted by molar-refractivity contribution is -0.153. The van der Waals surface area contributed by atoms with Gasteiger partial charge < -0.3 is 30.1 Å². The highest BCUT2D eigenvalue weighted by atomic mass is 79.9. The van der Waals surface area contributed by atoms with Gasteiger partial charge in [0.25, 0.3) is 0 Å². The van der Waals surface area contributed by atoms with Gasteiger partial charge in [-0.3, -0.25) is 0 Å². The smallest absolute Gasteiger partial charge is 0.215 e. The number of hydrogen-bond acceptors (Lipinski definition) is 5. The Labute approximate surface area is 133 Å². The molecular formula is C13H13BrClNO5. The summed E-state index contributed by atoms with van der Waals surface area (Å²) in [5, 5.41) is 37.6. The fourth-order valence-corrected chi connectivity index (χ4v) is 3.47. The average Bonchev–Trinajstić information content (AvgIpc) is 2.95. The molecule has 0 radical (unpaired) electrons. The molecule has 1 fully saturated rings. The van der Waals surface area contributed by atoms with Crippen LogP contribution in [0.1, 0.15) is 5.56 Å². The Morgan fingerprint density at radius 1 is 1.33 bits per heavy atom. The Bertz CT molecular complexity index is 679. The van der Waals surface area contributed by atoms with E-state index in [4.69, 9.17) is 16.3 Å².